The highest BCUT2D eigenvalue weighted by Gasteiger charge is 2.42. The summed E-state index contributed by atoms with van der Waals surface area (Å²) in [5.41, 5.74) is -0.784. The monoisotopic (exact) mass is 281 g/mol. The first kappa shape index (κ1) is 15.3. The van der Waals surface area contributed by atoms with Crippen molar-refractivity contribution < 1.29 is 14.7 Å². The summed E-state index contributed by atoms with van der Waals surface area (Å²) in [6.45, 7) is 3.84. The Bertz CT molecular complexity index is 361. The van der Waals surface area contributed by atoms with Gasteiger partial charge in [-0.25, -0.2) is 0 Å². The molecule has 0 aromatic rings. The fourth-order valence-corrected chi connectivity index (χ4v) is 3.61. The van der Waals surface area contributed by atoms with Crippen molar-refractivity contribution in [1.29, 1.82) is 0 Å². The molecule has 0 aromatic carbocycles. The van der Waals surface area contributed by atoms with Crippen LogP contribution in [0.1, 0.15) is 64.7 Å². The summed E-state index contributed by atoms with van der Waals surface area (Å²) in [6, 6.07) is 0. The minimum absolute atomic E-state index is 0.0587. The molecule has 1 atom stereocenters. The molecule has 1 unspecified atom stereocenters. The van der Waals surface area contributed by atoms with E-state index in [4.69, 9.17) is 0 Å². The predicted octanol–water partition coefficient (Wildman–Crippen LogP) is 3.06. The zero-order valence-electron chi connectivity index (χ0n) is 12.6. The van der Waals surface area contributed by atoms with Crippen LogP contribution in [-0.4, -0.2) is 35.0 Å². The lowest BCUT2D eigenvalue weighted by atomic mass is 9.71. The first-order chi connectivity index (χ1) is 9.53. The molecule has 1 saturated heterocycles. The lowest BCUT2D eigenvalue weighted by Crippen LogP contribution is -2.41. The minimum Gasteiger partial charge on any atom is -0.481 e. The molecule has 1 saturated carbocycles. The van der Waals surface area contributed by atoms with Gasteiger partial charge in [-0.15, -0.1) is 0 Å². The van der Waals surface area contributed by atoms with Crippen molar-refractivity contribution in [2.45, 2.75) is 64.7 Å². The van der Waals surface area contributed by atoms with Gasteiger partial charge in [0.15, 0.2) is 0 Å². The highest BCUT2D eigenvalue weighted by molar-refractivity contribution is 5.85. The van der Waals surface area contributed by atoms with Crippen molar-refractivity contribution in [3.05, 3.63) is 0 Å². The van der Waals surface area contributed by atoms with E-state index in [1.165, 1.54) is 6.42 Å². The molecule has 2 fully saturated rings. The maximum atomic E-state index is 12.5. The number of hydrogen-bond donors (Lipinski definition) is 1. The molecule has 2 aliphatic rings. The van der Waals surface area contributed by atoms with E-state index in [-0.39, 0.29) is 12.3 Å². The minimum atomic E-state index is -0.784. The van der Waals surface area contributed by atoms with Crippen LogP contribution in [0.4, 0.5) is 0 Å². The van der Waals surface area contributed by atoms with Crippen LogP contribution < -0.4 is 0 Å². The summed E-state index contributed by atoms with van der Waals surface area (Å²) in [5, 5.41) is 9.56. The number of carboxylic acids is 1. The first-order valence-electron chi connectivity index (χ1n) is 8.05. The van der Waals surface area contributed by atoms with Crippen LogP contribution in [0, 0.1) is 11.3 Å². The van der Waals surface area contributed by atoms with Gasteiger partial charge in [-0.3, -0.25) is 9.59 Å². The van der Waals surface area contributed by atoms with Gasteiger partial charge in [0.2, 0.25) is 5.91 Å². The summed E-state index contributed by atoms with van der Waals surface area (Å²) in [7, 11) is 0. The predicted molar refractivity (Wildman–Crippen MR) is 77.4 cm³/mol. The molecule has 0 aromatic heterocycles. The van der Waals surface area contributed by atoms with Crippen LogP contribution in [0.3, 0.4) is 0 Å². The molecule has 0 bridgehead atoms. The molecule has 0 radical (unpaired) electrons. The standard InChI is InChI=1S/C16H27NO3/c1-13-6-5-10-17(11-7-13)14(18)12-16(15(19)20)8-3-2-4-9-16/h13H,2-12H2,1H3,(H,19,20). The molecule has 20 heavy (non-hydrogen) atoms. The highest BCUT2D eigenvalue weighted by atomic mass is 16.4. The number of rotatable bonds is 3. The van der Waals surface area contributed by atoms with E-state index in [9.17, 15) is 14.7 Å². The number of carbonyl (C=O) groups excluding carboxylic acids is 1. The maximum Gasteiger partial charge on any atom is 0.310 e. The Labute approximate surface area is 121 Å². The third-order valence-corrected chi connectivity index (χ3v) is 5.12. The van der Waals surface area contributed by atoms with Crippen LogP contribution in [0.5, 0.6) is 0 Å². The summed E-state index contributed by atoms with van der Waals surface area (Å²) < 4.78 is 0. The third-order valence-electron chi connectivity index (χ3n) is 5.12. The van der Waals surface area contributed by atoms with Gasteiger partial charge in [0.25, 0.3) is 0 Å². The molecule has 2 rings (SSSR count). The Kier molecular flexibility index (Phi) is 5.06. The molecule has 0 spiro atoms. The van der Waals surface area contributed by atoms with Gasteiger partial charge in [0.1, 0.15) is 0 Å². The van der Waals surface area contributed by atoms with E-state index in [1.807, 2.05) is 4.90 Å². The van der Waals surface area contributed by atoms with Crippen molar-refractivity contribution in [3.8, 4) is 0 Å². The zero-order valence-corrected chi connectivity index (χ0v) is 12.6. The number of carbonyl (C=O) groups is 2. The average molecular weight is 281 g/mol. The molecule has 4 heteroatoms. The van der Waals surface area contributed by atoms with Gasteiger partial charge in [-0.05, 0) is 38.0 Å². The fraction of sp³-hybridized carbons (Fsp3) is 0.875. The lowest BCUT2D eigenvalue weighted by molar-refractivity contribution is -0.156. The largest absolute Gasteiger partial charge is 0.481 e. The average Bonchev–Trinajstić information content (AvgIpc) is 2.64. The van der Waals surface area contributed by atoms with Crippen molar-refractivity contribution in [3.63, 3.8) is 0 Å². The Balaban J connectivity index is 1.99. The molecule has 1 aliphatic heterocycles. The van der Waals surface area contributed by atoms with E-state index in [2.05, 4.69) is 6.92 Å². The fourth-order valence-electron chi connectivity index (χ4n) is 3.61. The summed E-state index contributed by atoms with van der Waals surface area (Å²) in [6.07, 6.45) is 7.79. The number of likely N-dealkylation sites (tertiary alicyclic amines) is 1. The summed E-state index contributed by atoms with van der Waals surface area (Å²) in [4.78, 5) is 26.0. The van der Waals surface area contributed by atoms with E-state index >= 15 is 0 Å². The SMILES string of the molecule is CC1CCCN(C(=O)CC2(C(=O)O)CCCCC2)CC1. The molecule has 4 nitrogen and oxygen atoms in total. The van der Waals surface area contributed by atoms with Crippen LogP contribution in [-0.2, 0) is 9.59 Å². The molecule has 1 N–H and O–H groups in total. The molecular weight excluding hydrogens is 254 g/mol. The second-order valence-electron chi connectivity index (χ2n) is 6.74. The van der Waals surface area contributed by atoms with Crippen LogP contribution in [0.25, 0.3) is 0 Å². The topological polar surface area (TPSA) is 57.6 Å². The Morgan fingerprint density at radius 2 is 1.80 bits per heavy atom. The van der Waals surface area contributed by atoms with Gasteiger partial charge in [-0.2, -0.15) is 0 Å². The van der Waals surface area contributed by atoms with E-state index < -0.39 is 11.4 Å². The zero-order chi connectivity index (χ0) is 14.6. The number of aliphatic carboxylic acids is 1. The van der Waals surface area contributed by atoms with Crippen LogP contribution in [0.15, 0.2) is 0 Å². The Morgan fingerprint density at radius 3 is 2.45 bits per heavy atom. The molecule has 1 heterocycles. The van der Waals surface area contributed by atoms with Gasteiger partial charge in [-0.1, -0.05) is 26.2 Å². The van der Waals surface area contributed by atoms with E-state index in [0.29, 0.717) is 18.8 Å². The lowest BCUT2D eigenvalue weighted by Gasteiger charge is -2.34. The number of nitrogens with zero attached hydrogens (tertiary/aromatic N) is 1. The Morgan fingerprint density at radius 1 is 1.10 bits per heavy atom. The van der Waals surface area contributed by atoms with Crippen LogP contribution in [0.2, 0.25) is 0 Å². The van der Waals surface area contributed by atoms with Crippen molar-refractivity contribution in [2.75, 3.05) is 13.1 Å². The summed E-state index contributed by atoms with van der Waals surface area (Å²) in [5.74, 6) is -0.0342. The van der Waals surface area contributed by atoms with E-state index in [0.717, 1.165) is 45.2 Å². The van der Waals surface area contributed by atoms with Gasteiger partial charge < -0.3 is 10.0 Å². The number of amides is 1. The summed E-state index contributed by atoms with van der Waals surface area (Å²) >= 11 is 0. The number of hydrogen-bond acceptors (Lipinski definition) is 2. The van der Waals surface area contributed by atoms with Crippen LogP contribution >= 0.6 is 0 Å². The third kappa shape index (κ3) is 3.53. The normalized spacial score (nSPS) is 26.9. The molecular formula is C16H27NO3. The quantitative estimate of drug-likeness (QED) is 0.865. The Hall–Kier alpha value is -1.06. The van der Waals surface area contributed by atoms with Gasteiger partial charge >= 0.3 is 5.97 Å². The molecule has 114 valence electrons. The highest BCUT2D eigenvalue weighted by Crippen LogP contribution is 2.40. The second-order valence-corrected chi connectivity index (χ2v) is 6.74. The van der Waals surface area contributed by atoms with Crippen molar-refractivity contribution in [1.82, 2.24) is 4.90 Å². The molecule has 1 amide bonds. The molecule has 1 aliphatic carbocycles. The van der Waals surface area contributed by atoms with E-state index in [1.54, 1.807) is 0 Å². The van der Waals surface area contributed by atoms with Crippen molar-refractivity contribution >= 4 is 11.9 Å². The first-order valence-corrected chi connectivity index (χ1v) is 8.05. The smallest absolute Gasteiger partial charge is 0.310 e. The maximum absolute atomic E-state index is 12.5. The van der Waals surface area contributed by atoms with Gasteiger partial charge in [0, 0.05) is 19.5 Å². The van der Waals surface area contributed by atoms with Crippen molar-refractivity contribution in [2.24, 2.45) is 11.3 Å². The second kappa shape index (κ2) is 6.59. The van der Waals surface area contributed by atoms with Gasteiger partial charge in [0.05, 0.1) is 5.41 Å². The number of carboxylic acid groups (broad SMARTS) is 1.